The number of urea groups is 1. The van der Waals surface area contributed by atoms with Crippen molar-refractivity contribution in [1.29, 1.82) is 0 Å². The van der Waals surface area contributed by atoms with Crippen molar-refractivity contribution in [2.45, 2.75) is 31.6 Å². The monoisotopic (exact) mass is 342 g/mol. The molecule has 1 saturated carbocycles. The number of anilines is 1. The summed E-state index contributed by atoms with van der Waals surface area (Å²) >= 11 is 1.21. The van der Waals surface area contributed by atoms with E-state index in [4.69, 9.17) is 0 Å². The van der Waals surface area contributed by atoms with Crippen molar-refractivity contribution in [2.24, 2.45) is 0 Å². The van der Waals surface area contributed by atoms with Crippen molar-refractivity contribution in [2.75, 3.05) is 5.32 Å². The lowest BCUT2D eigenvalue weighted by atomic mass is 10.1. The van der Waals surface area contributed by atoms with Crippen LogP contribution < -0.4 is 5.32 Å². The molecule has 1 fully saturated rings. The summed E-state index contributed by atoms with van der Waals surface area (Å²) in [6.07, 6.45) is -2.57. The molecule has 1 aromatic heterocycles. The molecule has 2 amide bonds. The Labute approximate surface area is 134 Å². The summed E-state index contributed by atoms with van der Waals surface area (Å²) < 4.78 is 37.7. The third-order valence-corrected chi connectivity index (χ3v) is 4.06. The lowest BCUT2D eigenvalue weighted by Crippen LogP contribution is -2.36. The molecule has 0 bridgehead atoms. The maximum Gasteiger partial charge on any atom is 0.416 e. The Morgan fingerprint density at radius 2 is 2.00 bits per heavy atom. The number of alkyl halides is 3. The molecule has 1 N–H and O–H groups in total. The van der Waals surface area contributed by atoms with E-state index in [1.54, 1.807) is 4.90 Å². The van der Waals surface area contributed by atoms with Gasteiger partial charge in [0.1, 0.15) is 5.51 Å². The first-order valence-electron chi connectivity index (χ1n) is 6.93. The molecule has 9 heteroatoms. The number of carbonyl (C=O) groups is 1. The van der Waals surface area contributed by atoms with Crippen LogP contribution in [0.5, 0.6) is 0 Å². The van der Waals surface area contributed by atoms with Crippen LogP contribution in [0.15, 0.2) is 29.8 Å². The van der Waals surface area contributed by atoms with Crippen LogP contribution in [-0.2, 0) is 12.7 Å². The van der Waals surface area contributed by atoms with Crippen molar-refractivity contribution in [3.63, 3.8) is 0 Å². The highest BCUT2D eigenvalue weighted by Crippen LogP contribution is 2.31. The van der Waals surface area contributed by atoms with Gasteiger partial charge in [0, 0.05) is 12.6 Å². The maximum absolute atomic E-state index is 12.6. The summed E-state index contributed by atoms with van der Waals surface area (Å²) in [5.41, 5.74) is 1.46. The Morgan fingerprint density at radius 3 is 2.52 bits per heavy atom. The first kappa shape index (κ1) is 15.7. The van der Waals surface area contributed by atoms with E-state index in [0.29, 0.717) is 10.7 Å². The van der Waals surface area contributed by atoms with Crippen LogP contribution in [0.4, 0.5) is 23.1 Å². The topological polar surface area (TPSA) is 58.1 Å². The van der Waals surface area contributed by atoms with Crippen molar-refractivity contribution < 1.29 is 18.0 Å². The van der Waals surface area contributed by atoms with Crippen LogP contribution in [0, 0.1) is 0 Å². The number of nitrogens with zero attached hydrogens (tertiary/aromatic N) is 3. The van der Waals surface area contributed by atoms with Crippen LogP contribution in [-0.4, -0.2) is 27.2 Å². The summed E-state index contributed by atoms with van der Waals surface area (Å²) in [7, 11) is 0. The lowest BCUT2D eigenvalue weighted by Gasteiger charge is -2.22. The summed E-state index contributed by atoms with van der Waals surface area (Å²) in [6.45, 7) is 0.257. The van der Waals surface area contributed by atoms with E-state index in [9.17, 15) is 18.0 Å². The normalized spacial score (nSPS) is 14.6. The van der Waals surface area contributed by atoms with E-state index in [2.05, 4.69) is 15.5 Å². The predicted octanol–water partition coefficient (Wildman–Crippen LogP) is 3.75. The lowest BCUT2D eigenvalue weighted by molar-refractivity contribution is -0.137. The Kier molecular flexibility index (Phi) is 4.20. The van der Waals surface area contributed by atoms with Gasteiger partial charge >= 0.3 is 12.2 Å². The average Bonchev–Trinajstić information content (AvgIpc) is 3.21. The molecule has 1 aliphatic carbocycles. The third-order valence-electron chi connectivity index (χ3n) is 3.46. The fourth-order valence-electron chi connectivity index (χ4n) is 2.14. The molecule has 0 atom stereocenters. The molecule has 1 aliphatic rings. The Bertz CT molecular complexity index is 668. The first-order valence-corrected chi connectivity index (χ1v) is 7.81. The molecular weight excluding hydrogens is 329 g/mol. The van der Waals surface area contributed by atoms with E-state index in [-0.39, 0.29) is 18.6 Å². The number of carbonyl (C=O) groups excluding carboxylic acids is 1. The van der Waals surface area contributed by atoms with Crippen molar-refractivity contribution in [1.82, 2.24) is 15.1 Å². The Balaban J connectivity index is 1.69. The number of hydrogen-bond donors (Lipinski definition) is 1. The second-order valence-corrected chi connectivity index (χ2v) is 6.06. The molecule has 0 spiro atoms. The SMILES string of the molecule is O=C(Nc1nncs1)N(Cc1ccc(C(F)(F)F)cc1)C1CC1. The van der Waals surface area contributed by atoms with E-state index in [1.165, 1.54) is 29.0 Å². The predicted molar refractivity (Wildman–Crippen MR) is 78.9 cm³/mol. The maximum atomic E-state index is 12.6. The summed E-state index contributed by atoms with van der Waals surface area (Å²) in [4.78, 5) is 13.9. The minimum absolute atomic E-state index is 0.116. The van der Waals surface area contributed by atoms with Gasteiger partial charge in [-0.3, -0.25) is 5.32 Å². The zero-order valence-electron chi connectivity index (χ0n) is 11.9. The fraction of sp³-hybridized carbons (Fsp3) is 0.357. The van der Waals surface area contributed by atoms with E-state index in [0.717, 1.165) is 25.0 Å². The molecule has 3 rings (SSSR count). The highest BCUT2D eigenvalue weighted by Gasteiger charge is 2.33. The Hall–Kier alpha value is -2.16. The highest BCUT2D eigenvalue weighted by molar-refractivity contribution is 7.13. The average molecular weight is 342 g/mol. The standard InChI is InChI=1S/C14H13F3N4OS/c15-14(16,17)10-3-1-9(2-4-10)7-21(11-5-6-11)13(22)19-12-20-18-8-23-12/h1-4,8,11H,5-7H2,(H,19,20,22). The second-order valence-electron chi connectivity index (χ2n) is 5.23. The molecule has 2 aromatic rings. The molecule has 0 radical (unpaired) electrons. The summed E-state index contributed by atoms with van der Waals surface area (Å²) in [6, 6.07) is 4.66. The van der Waals surface area contributed by atoms with Gasteiger partial charge in [-0.15, -0.1) is 10.2 Å². The van der Waals surface area contributed by atoms with Gasteiger partial charge in [-0.05, 0) is 30.5 Å². The minimum Gasteiger partial charge on any atom is -0.317 e. The summed E-state index contributed by atoms with van der Waals surface area (Å²) in [5, 5.41) is 10.4. The third kappa shape index (κ3) is 3.98. The molecule has 23 heavy (non-hydrogen) atoms. The Morgan fingerprint density at radius 1 is 1.30 bits per heavy atom. The van der Waals surface area contributed by atoms with Gasteiger partial charge in [0.15, 0.2) is 0 Å². The molecule has 0 saturated heterocycles. The van der Waals surface area contributed by atoms with Gasteiger partial charge in [0.25, 0.3) is 0 Å². The quantitative estimate of drug-likeness (QED) is 0.920. The van der Waals surface area contributed by atoms with Gasteiger partial charge < -0.3 is 4.90 Å². The van der Waals surface area contributed by atoms with Crippen LogP contribution in [0.2, 0.25) is 0 Å². The van der Waals surface area contributed by atoms with Crippen LogP contribution >= 0.6 is 11.3 Å². The number of hydrogen-bond acceptors (Lipinski definition) is 4. The van der Waals surface area contributed by atoms with Gasteiger partial charge in [-0.2, -0.15) is 13.2 Å². The van der Waals surface area contributed by atoms with Crippen molar-refractivity contribution >= 4 is 22.5 Å². The van der Waals surface area contributed by atoms with E-state index in [1.807, 2.05) is 0 Å². The van der Waals surface area contributed by atoms with E-state index < -0.39 is 11.7 Å². The molecular formula is C14H13F3N4OS. The van der Waals surface area contributed by atoms with Crippen LogP contribution in [0.3, 0.4) is 0 Å². The second kappa shape index (κ2) is 6.15. The first-order chi connectivity index (χ1) is 10.9. The van der Waals surface area contributed by atoms with Crippen molar-refractivity contribution in [3.8, 4) is 0 Å². The van der Waals surface area contributed by atoms with Gasteiger partial charge in [0.05, 0.1) is 5.56 Å². The number of benzene rings is 1. The zero-order chi connectivity index (χ0) is 16.4. The molecule has 0 aliphatic heterocycles. The summed E-state index contributed by atoms with van der Waals surface area (Å²) in [5.74, 6) is 0. The molecule has 0 unspecified atom stereocenters. The number of halogens is 3. The minimum atomic E-state index is -4.36. The largest absolute Gasteiger partial charge is 0.416 e. The number of amides is 2. The number of nitrogens with one attached hydrogen (secondary N) is 1. The van der Waals surface area contributed by atoms with Gasteiger partial charge in [0.2, 0.25) is 5.13 Å². The number of aromatic nitrogens is 2. The van der Waals surface area contributed by atoms with Crippen molar-refractivity contribution in [3.05, 3.63) is 40.9 Å². The highest BCUT2D eigenvalue weighted by atomic mass is 32.1. The van der Waals surface area contributed by atoms with E-state index >= 15 is 0 Å². The molecule has 1 heterocycles. The zero-order valence-corrected chi connectivity index (χ0v) is 12.7. The fourth-order valence-corrected chi connectivity index (χ4v) is 2.57. The molecule has 5 nitrogen and oxygen atoms in total. The van der Waals surface area contributed by atoms with Crippen LogP contribution in [0.25, 0.3) is 0 Å². The van der Waals surface area contributed by atoms with Crippen LogP contribution in [0.1, 0.15) is 24.0 Å². The smallest absolute Gasteiger partial charge is 0.317 e. The van der Waals surface area contributed by atoms with Gasteiger partial charge in [-0.25, -0.2) is 4.79 Å². The molecule has 122 valence electrons. The number of rotatable bonds is 4. The van der Waals surface area contributed by atoms with Gasteiger partial charge in [-0.1, -0.05) is 23.5 Å². The molecule has 1 aromatic carbocycles.